The van der Waals surface area contributed by atoms with Gasteiger partial charge in [-0.05, 0) is 13.0 Å². The maximum Gasteiger partial charge on any atom is 0.165 e. The number of aromatic nitrogens is 1. The van der Waals surface area contributed by atoms with Gasteiger partial charge < -0.3 is 9.47 Å². The number of methoxy groups -OCH3 is 1. The summed E-state index contributed by atoms with van der Waals surface area (Å²) in [6, 6.07) is 8.47. The highest BCUT2D eigenvalue weighted by molar-refractivity contribution is 9.08. The standard InChI is InChI=1S/C15H15BrFNO2/c1-10-6-13(19-2)7-12(18-10)9-20-15-11(8-16)4-3-5-14(15)17/h3-7H,8-9H2,1-2H3. The average Bonchev–Trinajstić information content (AvgIpc) is 2.45. The first-order valence-electron chi connectivity index (χ1n) is 6.11. The van der Waals surface area contributed by atoms with Crippen LogP contribution in [0.1, 0.15) is 17.0 Å². The monoisotopic (exact) mass is 339 g/mol. The summed E-state index contributed by atoms with van der Waals surface area (Å²) in [5, 5.41) is 0.532. The van der Waals surface area contributed by atoms with Crippen LogP contribution in [0.3, 0.4) is 0 Å². The Bertz CT molecular complexity index is 604. The minimum absolute atomic E-state index is 0.193. The molecule has 0 saturated heterocycles. The van der Waals surface area contributed by atoms with E-state index in [9.17, 15) is 4.39 Å². The Balaban J connectivity index is 2.19. The van der Waals surface area contributed by atoms with Gasteiger partial charge in [-0.2, -0.15) is 0 Å². The van der Waals surface area contributed by atoms with Crippen molar-refractivity contribution in [2.24, 2.45) is 0 Å². The van der Waals surface area contributed by atoms with Gasteiger partial charge in [-0.15, -0.1) is 0 Å². The third-order valence-electron chi connectivity index (χ3n) is 2.77. The number of aryl methyl sites for hydroxylation is 1. The molecule has 0 aliphatic heterocycles. The first-order chi connectivity index (χ1) is 9.63. The molecule has 1 aromatic carbocycles. The molecule has 1 heterocycles. The third-order valence-corrected chi connectivity index (χ3v) is 3.38. The molecule has 1 aromatic heterocycles. The van der Waals surface area contributed by atoms with E-state index in [4.69, 9.17) is 9.47 Å². The predicted molar refractivity (Wildman–Crippen MR) is 78.9 cm³/mol. The molecule has 0 bridgehead atoms. The van der Waals surface area contributed by atoms with Crippen molar-refractivity contribution in [3.05, 3.63) is 53.1 Å². The van der Waals surface area contributed by atoms with Crippen molar-refractivity contribution >= 4 is 15.9 Å². The lowest BCUT2D eigenvalue weighted by Crippen LogP contribution is -2.03. The minimum atomic E-state index is -0.374. The fourth-order valence-electron chi connectivity index (χ4n) is 1.86. The average molecular weight is 340 g/mol. The van der Waals surface area contributed by atoms with Crippen molar-refractivity contribution in [2.75, 3.05) is 7.11 Å². The normalized spacial score (nSPS) is 10.4. The summed E-state index contributed by atoms with van der Waals surface area (Å²) in [7, 11) is 1.60. The largest absolute Gasteiger partial charge is 0.497 e. The van der Waals surface area contributed by atoms with Gasteiger partial charge in [0.2, 0.25) is 0 Å². The van der Waals surface area contributed by atoms with Crippen LogP contribution in [0.4, 0.5) is 4.39 Å². The van der Waals surface area contributed by atoms with Crippen molar-refractivity contribution in [2.45, 2.75) is 18.9 Å². The molecule has 0 atom stereocenters. The number of halogens is 2. The van der Waals surface area contributed by atoms with E-state index in [1.165, 1.54) is 6.07 Å². The number of pyridine rings is 1. The highest BCUT2D eigenvalue weighted by atomic mass is 79.9. The van der Waals surface area contributed by atoms with E-state index in [-0.39, 0.29) is 18.2 Å². The van der Waals surface area contributed by atoms with E-state index in [0.717, 1.165) is 11.3 Å². The van der Waals surface area contributed by atoms with E-state index in [1.807, 2.05) is 19.1 Å². The molecule has 3 nitrogen and oxygen atoms in total. The molecule has 0 amide bonds. The molecule has 0 N–H and O–H groups in total. The highest BCUT2D eigenvalue weighted by Gasteiger charge is 2.10. The van der Waals surface area contributed by atoms with E-state index in [2.05, 4.69) is 20.9 Å². The van der Waals surface area contributed by atoms with Crippen molar-refractivity contribution in [1.29, 1.82) is 0 Å². The molecule has 20 heavy (non-hydrogen) atoms. The van der Waals surface area contributed by atoms with Crippen LogP contribution in [0.2, 0.25) is 0 Å². The molecule has 0 unspecified atom stereocenters. The molecule has 0 fully saturated rings. The van der Waals surface area contributed by atoms with E-state index in [1.54, 1.807) is 19.2 Å². The molecule has 5 heteroatoms. The zero-order chi connectivity index (χ0) is 14.5. The summed E-state index contributed by atoms with van der Waals surface area (Å²) in [6.07, 6.45) is 0. The number of hydrogen-bond acceptors (Lipinski definition) is 3. The highest BCUT2D eigenvalue weighted by Crippen LogP contribution is 2.26. The molecular formula is C15H15BrFNO2. The van der Waals surface area contributed by atoms with Gasteiger partial charge in [0.1, 0.15) is 12.4 Å². The Morgan fingerprint density at radius 2 is 2.10 bits per heavy atom. The smallest absolute Gasteiger partial charge is 0.165 e. The van der Waals surface area contributed by atoms with Crippen LogP contribution in [-0.4, -0.2) is 12.1 Å². The quantitative estimate of drug-likeness (QED) is 0.771. The van der Waals surface area contributed by atoms with Crippen molar-refractivity contribution < 1.29 is 13.9 Å². The summed E-state index contributed by atoms with van der Waals surface area (Å²) < 4.78 is 24.5. The summed E-state index contributed by atoms with van der Waals surface area (Å²) >= 11 is 3.32. The third kappa shape index (κ3) is 3.48. The number of nitrogens with zero attached hydrogens (tertiary/aromatic N) is 1. The van der Waals surface area contributed by atoms with Crippen LogP contribution in [0.5, 0.6) is 11.5 Å². The SMILES string of the molecule is COc1cc(C)nc(COc2c(F)cccc2CBr)c1. The maximum atomic E-state index is 13.8. The number of ether oxygens (including phenoxy) is 2. The zero-order valence-corrected chi connectivity index (χ0v) is 12.9. The lowest BCUT2D eigenvalue weighted by Gasteiger charge is -2.11. The second-order valence-electron chi connectivity index (χ2n) is 4.29. The van der Waals surface area contributed by atoms with Gasteiger partial charge in [-0.3, -0.25) is 4.98 Å². The topological polar surface area (TPSA) is 31.4 Å². The first kappa shape index (κ1) is 14.8. The Morgan fingerprint density at radius 3 is 2.80 bits per heavy atom. The van der Waals surface area contributed by atoms with Gasteiger partial charge in [-0.1, -0.05) is 28.1 Å². The van der Waals surface area contributed by atoms with Gasteiger partial charge in [0, 0.05) is 28.7 Å². The molecule has 0 spiro atoms. The Kier molecular flexibility index (Phi) is 4.95. The van der Waals surface area contributed by atoms with Crippen LogP contribution in [0, 0.1) is 12.7 Å². The first-order valence-corrected chi connectivity index (χ1v) is 7.24. The Labute approximate surface area is 125 Å². The predicted octanol–water partition coefficient (Wildman–Crippen LogP) is 4.01. The summed E-state index contributed by atoms with van der Waals surface area (Å²) in [5.74, 6) is 0.596. The number of alkyl halides is 1. The summed E-state index contributed by atoms with van der Waals surface area (Å²) in [5.41, 5.74) is 2.30. The molecule has 0 radical (unpaired) electrons. The van der Waals surface area contributed by atoms with Gasteiger partial charge >= 0.3 is 0 Å². The minimum Gasteiger partial charge on any atom is -0.497 e. The van der Waals surface area contributed by atoms with E-state index in [0.29, 0.717) is 16.8 Å². The van der Waals surface area contributed by atoms with E-state index >= 15 is 0 Å². The fraction of sp³-hybridized carbons (Fsp3) is 0.267. The Morgan fingerprint density at radius 1 is 1.30 bits per heavy atom. The number of para-hydroxylation sites is 1. The van der Waals surface area contributed by atoms with Gasteiger partial charge in [-0.25, -0.2) is 4.39 Å². The fourth-order valence-corrected chi connectivity index (χ4v) is 2.30. The molecule has 106 valence electrons. The van der Waals surface area contributed by atoms with Crippen molar-refractivity contribution in [3.8, 4) is 11.5 Å². The van der Waals surface area contributed by atoms with Crippen LogP contribution in [0.15, 0.2) is 30.3 Å². The summed E-state index contributed by atoms with van der Waals surface area (Å²) in [6.45, 7) is 2.07. The van der Waals surface area contributed by atoms with Gasteiger partial charge in [0.15, 0.2) is 11.6 Å². The molecule has 2 rings (SSSR count). The summed E-state index contributed by atoms with van der Waals surface area (Å²) in [4.78, 5) is 4.34. The zero-order valence-electron chi connectivity index (χ0n) is 11.3. The Hall–Kier alpha value is -1.62. The van der Waals surface area contributed by atoms with Crippen LogP contribution < -0.4 is 9.47 Å². The van der Waals surface area contributed by atoms with Crippen molar-refractivity contribution in [3.63, 3.8) is 0 Å². The molecule has 2 aromatic rings. The number of rotatable bonds is 5. The molecule has 0 saturated carbocycles. The number of hydrogen-bond donors (Lipinski definition) is 0. The van der Waals surface area contributed by atoms with Crippen molar-refractivity contribution in [1.82, 2.24) is 4.98 Å². The van der Waals surface area contributed by atoms with Gasteiger partial charge in [0.25, 0.3) is 0 Å². The number of benzene rings is 1. The van der Waals surface area contributed by atoms with Crippen LogP contribution in [-0.2, 0) is 11.9 Å². The van der Waals surface area contributed by atoms with E-state index < -0.39 is 0 Å². The molecular weight excluding hydrogens is 325 g/mol. The van der Waals surface area contributed by atoms with Crippen LogP contribution in [0.25, 0.3) is 0 Å². The van der Waals surface area contributed by atoms with Gasteiger partial charge in [0.05, 0.1) is 12.8 Å². The lowest BCUT2D eigenvalue weighted by atomic mass is 10.2. The van der Waals surface area contributed by atoms with Crippen LogP contribution >= 0.6 is 15.9 Å². The second-order valence-corrected chi connectivity index (χ2v) is 4.85. The molecule has 0 aliphatic rings. The lowest BCUT2D eigenvalue weighted by molar-refractivity contribution is 0.282. The molecule has 0 aliphatic carbocycles. The second kappa shape index (κ2) is 6.70. The maximum absolute atomic E-state index is 13.8.